The van der Waals surface area contributed by atoms with Crippen LogP contribution >= 0.6 is 11.6 Å². The molecule has 0 unspecified atom stereocenters. The van der Waals surface area contributed by atoms with Gasteiger partial charge >= 0.3 is 0 Å². The van der Waals surface area contributed by atoms with Crippen LogP contribution in [-0.4, -0.2) is 45.0 Å². The molecule has 4 rings (SSSR count). The van der Waals surface area contributed by atoms with Gasteiger partial charge in [0.2, 0.25) is 5.91 Å². The standard InChI is InChI=1S/C20H24ClN5O/c1-14-18(21)20-23-19(15-8-4-5-9-16(15)26(20)24-14)22-11-7-13-25-12-6-2-3-10-17(25)27/h4-5,8-9H,2-3,6-7,10-13H2,1H3,(H,22,23). The number of amides is 1. The lowest BCUT2D eigenvalue weighted by Gasteiger charge is -2.20. The van der Waals surface area contributed by atoms with Crippen LogP contribution in [0.1, 0.15) is 37.8 Å². The molecule has 0 aliphatic carbocycles. The monoisotopic (exact) mass is 385 g/mol. The second-order valence-electron chi connectivity index (χ2n) is 7.08. The fourth-order valence-corrected chi connectivity index (χ4v) is 3.83. The highest BCUT2D eigenvalue weighted by molar-refractivity contribution is 6.34. The number of hydrogen-bond donors (Lipinski definition) is 1. The molecular weight excluding hydrogens is 362 g/mol. The fourth-order valence-electron chi connectivity index (χ4n) is 3.67. The van der Waals surface area contributed by atoms with Gasteiger partial charge in [-0.2, -0.15) is 5.10 Å². The van der Waals surface area contributed by atoms with Gasteiger partial charge in [-0.05, 0) is 38.3 Å². The average molecular weight is 386 g/mol. The van der Waals surface area contributed by atoms with Crippen molar-refractivity contribution < 1.29 is 4.79 Å². The number of para-hydroxylation sites is 1. The second-order valence-corrected chi connectivity index (χ2v) is 7.46. The molecule has 0 saturated carbocycles. The van der Waals surface area contributed by atoms with Gasteiger partial charge in [0.15, 0.2) is 5.65 Å². The molecule has 1 aliphatic heterocycles. The summed E-state index contributed by atoms with van der Waals surface area (Å²) >= 11 is 6.39. The van der Waals surface area contributed by atoms with Crippen molar-refractivity contribution >= 4 is 39.9 Å². The minimum atomic E-state index is 0.291. The molecule has 3 aromatic rings. The predicted molar refractivity (Wildman–Crippen MR) is 108 cm³/mol. The number of rotatable bonds is 5. The molecule has 1 amide bonds. The Morgan fingerprint density at radius 2 is 2.07 bits per heavy atom. The Morgan fingerprint density at radius 1 is 1.22 bits per heavy atom. The van der Waals surface area contributed by atoms with Crippen LogP contribution in [0.15, 0.2) is 24.3 Å². The number of anilines is 1. The molecule has 1 aliphatic rings. The van der Waals surface area contributed by atoms with Crippen molar-refractivity contribution in [2.75, 3.05) is 25.0 Å². The zero-order valence-corrected chi connectivity index (χ0v) is 16.3. The number of carbonyl (C=O) groups is 1. The topological polar surface area (TPSA) is 62.5 Å². The molecule has 0 atom stereocenters. The zero-order valence-electron chi connectivity index (χ0n) is 15.5. The third kappa shape index (κ3) is 3.58. The van der Waals surface area contributed by atoms with Gasteiger partial charge in [-0.3, -0.25) is 4.79 Å². The first-order chi connectivity index (χ1) is 13.1. The highest BCUT2D eigenvalue weighted by Crippen LogP contribution is 2.28. The van der Waals surface area contributed by atoms with E-state index in [-0.39, 0.29) is 0 Å². The van der Waals surface area contributed by atoms with Crippen LogP contribution in [0.25, 0.3) is 16.6 Å². The lowest BCUT2D eigenvalue weighted by molar-refractivity contribution is -0.130. The number of nitrogens with zero attached hydrogens (tertiary/aromatic N) is 4. The largest absolute Gasteiger partial charge is 0.369 e. The molecule has 2 aromatic heterocycles. The highest BCUT2D eigenvalue weighted by Gasteiger charge is 2.17. The van der Waals surface area contributed by atoms with Gasteiger partial charge in [0.25, 0.3) is 0 Å². The number of fused-ring (bicyclic) bond motifs is 3. The maximum absolute atomic E-state index is 12.1. The first kappa shape index (κ1) is 18.0. The number of halogens is 1. The molecule has 1 aromatic carbocycles. The molecule has 6 nitrogen and oxygen atoms in total. The molecule has 0 radical (unpaired) electrons. The Balaban J connectivity index is 1.51. The van der Waals surface area contributed by atoms with E-state index in [1.165, 1.54) is 0 Å². The van der Waals surface area contributed by atoms with Gasteiger partial charge in [-0.1, -0.05) is 30.2 Å². The number of carbonyl (C=O) groups excluding carboxylic acids is 1. The van der Waals surface area contributed by atoms with Crippen molar-refractivity contribution in [3.8, 4) is 0 Å². The van der Waals surface area contributed by atoms with Gasteiger partial charge in [0.1, 0.15) is 10.8 Å². The van der Waals surface area contributed by atoms with Crippen molar-refractivity contribution in [2.45, 2.75) is 39.0 Å². The van der Waals surface area contributed by atoms with E-state index in [2.05, 4.69) is 10.4 Å². The summed E-state index contributed by atoms with van der Waals surface area (Å²) in [5, 5.41) is 9.54. The normalized spacial score (nSPS) is 15.5. The Hall–Kier alpha value is -2.34. The summed E-state index contributed by atoms with van der Waals surface area (Å²) in [6.07, 6.45) is 4.87. The fraction of sp³-hybridized carbons (Fsp3) is 0.450. The summed E-state index contributed by atoms with van der Waals surface area (Å²) in [7, 11) is 0. The van der Waals surface area contributed by atoms with Crippen molar-refractivity contribution in [1.82, 2.24) is 19.5 Å². The number of nitrogens with one attached hydrogen (secondary N) is 1. The van der Waals surface area contributed by atoms with Crippen molar-refractivity contribution in [2.24, 2.45) is 0 Å². The van der Waals surface area contributed by atoms with Crippen LogP contribution in [0.4, 0.5) is 5.82 Å². The Bertz CT molecular complexity index is 983. The van der Waals surface area contributed by atoms with Crippen LogP contribution in [0.5, 0.6) is 0 Å². The van der Waals surface area contributed by atoms with Gasteiger partial charge in [0, 0.05) is 31.4 Å². The van der Waals surface area contributed by atoms with E-state index in [1.54, 1.807) is 4.52 Å². The number of likely N-dealkylation sites (tertiary alicyclic amines) is 1. The molecule has 0 bridgehead atoms. The van der Waals surface area contributed by atoms with E-state index in [0.717, 1.165) is 67.7 Å². The lowest BCUT2D eigenvalue weighted by atomic mass is 10.2. The van der Waals surface area contributed by atoms with E-state index in [4.69, 9.17) is 16.6 Å². The maximum atomic E-state index is 12.1. The molecule has 1 fully saturated rings. The smallest absolute Gasteiger partial charge is 0.222 e. The van der Waals surface area contributed by atoms with Crippen LogP contribution in [-0.2, 0) is 4.79 Å². The quantitative estimate of drug-likeness (QED) is 0.673. The predicted octanol–water partition coefficient (Wildman–Crippen LogP) is 4.05. The molecule has 1 saturated heterocycles. The summed E-state index contributed by atoms with van der Waals surface area (Å²) in [5.74, 6) is 1.10. The summed E-state index contributed by atoms with van der Waals surface area (Å²) in [6, 6.07) is 8.04. The molecule has 27 heavy (non-hydrogen) atoms. The molecule has 142 valence electrons. The summed E-state index contributed by atoms with van der Waals surface area (Å²) in [4.78, 5) is 18.8. The molecule has 3 heterocycles. The van der Waals surface area contributed by atoms with Crippen LogP contribution in [0.3, 0.4) is 0 Å². The Labute approximate surface area is 163 Å². The van der Waals surface area contributed by atoms with Crippen LogP contribution < -0.4 is 5.32 Å². The zero-order chi connectivity index (χ0) is 18.8. The van der Waals surface area contributed by atoms with Gasteiger partial charge in [-0.25, -0.2) is 9.50 Å². The average Bonchev–Trinajstić information content (AvgIpc) is 2.83. The van der Waals surface area contributed by atoms with Crippen LogP contribution in [0.2, 0.25) is 5.02 Å². The first-order valence-corrected chi connectivity index (χ1v) is 9.98. The van der Waals surface area contributed by atoms with Crippen molar-refractivity contribution in [1.29, 1.82) is 0 Å². The molecule has 1 N–H and O–H groups in total. The first-order valence-electron chi connectivity index (χ1n) is 9.60. The minimum absolute atomic E-state index is 0.291. The minimum Gasteiger partial charge on any atom is -0.369 e. The summed E-state index contributed by atoms with van der Waals surface area (Å²) < 4.78 is 1.80. The van der Waals surface area contributed by atoms with Gasteiger partial charge in [0.05, 0.1) is 11.2 Å². The maximum Gasteiger partial charge on any atom is 0.222 e. The Morgan fingerprint density at radius 3 is 2.96 bits per heavy atom. The van der Waals surface area contributed by atoms with Crippen molar-refractivity contribution in [3.05, 3.63) is 35.0 Å². The lowest BCUT2D eigenvalue weighted by Crippen LogP contribution is -2.32. The highest BCUT2D eigenvalue weighted by atomic mass is 35.5. The second kappa shape index (κ2) is 7.72. The number of aryl methyl sites for hydroxylation is 1. The Kier molecular flexibility index (Phi) is 5.16. The van der Waals surface area contributed by atoms with Gasteiger partial charge < -0.3 is 10.2 Å². The van der Waals surface area contributed by atoms with E-state index >= 15 is 0 Å². The van der Waals surface area contributed by atoms with Crippen LogP contribution in [0, 0.1) is 6.92 Å². The number of benzene rings is 1. The van der Waals surface area contributed by atoms with Crippen molar-refractivity contribution in [3.63, 3.8) is 0 Å². The SMILES string of the molecule is Cc1nn2c(nc(NCCCN3CCCCCC3=O)c3ccccc32)c1Cl. The van der Waals surface area contributed by atoms with Gasteiger partial charge in [-0.15, -0.1) is 0 Å². The number of aromatic nitrogens is 3. The summed E-state index contributed by atoms with van der Waals surface area (Å²) in [6.45, 7) is 4.31. The van der Waals surface area contributed by atoms with E-state index in [0.29, 0.717) is 23.0 Å². The third-order valence-electron chi connectivity index (χ3n) is 5.14. The van der Waals surface area contributed by atoms with E-state index in [1.807, 2.05) is 36.1 Å². The van der Waals surface area contributed by atoms with E-state index in [9.17, 15) is 4.79 Å². The molecule has 0 spiro atoms. The third-order valence-corrected chi connectivity index (χ3v) is 5.58. The number of hydrogen-bond acceptors (Lipinski definition) is 4. The summed E-state index contributed by atoms with van der Waals surface area (Å²) in [5.41, 5.74) is 2.41. The molecule has 7 heteroatoms. The van der Waals surface area contributed by atoms with E-state index < -0.39 is 0 Å². The molecular formula is C20H24ClN5O.